The van der Waals surface area contributed by atoms with E-state index in [0.717, 1.165) is 29.0 Å². The Morgan fingerprint density at radius 1 is 1.29 bits per heavy atom. The summed E-state index contributed by atoms with van der Waals surface area (Å²) in [6.07, 6.45) is 3.09. The number of oxime groups is 1. The zero-order valence-corrected chi connectivity index (χ0v) is 11.6. The van der Waals surface area contributed by atoms with Crippen LogP contribution in [0.25, 0.3) is 0 Å². The quantitative estimate of drug-likeness (QED) is 0.859. The van der Waals surface area contributed by atoms with Crippen molar-refractivity contribution in [3.05, 3.63) is 53.1 Å². The summed E-state index contributed by atoms with van der Waals surface area (Å²) in [5.41, 5.74) is 9.20. The molecule has 5 nitrogen and oxygen atoms in total. The number of nitrogens with two attached hydrogens (primary N) is 1. The van der Waals surface area contributed by atoms with Gasteiger partial charge in [-0.3, -0.25) is 0 Å². The predicted molar refractivity (Wildman–Crippen MR) is 77.5 cm³/mol. The molecule has 0 aliphatic heterocycles. The highest BCUT2D eigenvalue weighted by Gasteiger charge is 2.27. The lowest BCUT2D eigenvalue weighted by Gasteiger charge is -2.24. The fourth-order valence-corrected chi connectivity index (χ4v) is 2.65. The molecule has 0 fully saturated rings. The fraction of sp³-hybridized carbons (Fsp3) is 0.267. The number of anilines is 1. The molecule has 0 saturated carbocycles. The monoisotopic (exact) mass is 286 g/mol. The normalized spacial score (nSPS) is 19.3. The maximum Gasteiger partial charge on any atom is 0.220 e. The van der Waals surface area contributed by atoms with Crippen molar-refractivity contribution < 1.29 is 9.23 Å². The van der Waals surface area contributed by atoms with Gasteiger partial charge in [0.15, 0.2) is 0 Å². The lowest BCUT2D eigenvalue weighted by Crippen LogP contribution is -2.22. The van der Waals surface area contributed by atoms with E-state index >= 15 is 0 Å². The van der Waals surface area contributed by atoms with E-state index in [4.69, 9.17) is 10.6 Å². The van der Waals surface area contributed by atoms with Gasteiger partial charge in [-0.2, -0.15) is 0 Å². The molecule has 1 aliphatic carbocycles. The Bertz CT molecular complexity index is 685. The molecular formula is C15H15FN4O. The minimum atomic E-state index is -0.243. The molecule has 0 radical (unpaired) electrons. The van der Waals surface area contributed by atoms with Crippen LogP contribution in [0.2, 0.25) is 0 Å². The molecule has 21 heavy (non-hydrogen) atoms. The minimum Gasteiger partial charge on any atom is -0.399 e. The summed E-state index contributed by atoms with van der Waals surface area (Å²) in [5, 5.41) is 4.07. The smallest absolute Gasteiger partial charge is 0.220 e. The third-order valence-corrected chi connectivity index (χ3v) is 3.62. The predicted octanol–water partition coefficient (Wildman–Crippen LogP) is 2.28. The van der Waals surface area contributed by atoms with Gasteiger partial charge in [0.1, 0.15) is 12.9 Å². The molecule has 108 valence electrons. The summed E-state index contributed by atoms with van der Waals surface area (Å²) in [5.74, 6) is 0.166. The van der Waals surface area contributed by atoms with Crippen LogP contribution in [0, 0.1) is 5.82 Å². The third-order valence-electron chi connectivity index (χ3n) is 3.62. The third kappa shape index (κ3) is 2.69. The largest absolute Gasteiger partial charge is 0.399 e. The molecule has 0 saturated heterocycles. The molecule has 2 aromatic rings. The van der Waals surface area contributed by atoms with E-state index in [-0.39, 0.29) is 17.7 Å². The Kier molecular flexibility index (Phi) is 3.51. The van der Waals surface area contributed by atoms with Gasteiger partial charge in [-0.05, 0) is 30.0 Å². The van der Waals surface area contributed by atoms with E-state index < -0.39 is 0 Å². The molecule has 0 spiro atoms. The van der Waals surface area contributed by atoms with Crippen molar-refractivity contribution >= 4 is 11.7 Å². The zero-order chi connectivity index (χ0) is 14.8. The topological polar surface area (TPSA) is 73.4 Å². The molecule has 1 atom stereocenters. The van der Waals surface area contributed by atoms with Crippen molar-refractivity contribution in [3.8, 4) is 0 Å². The zero-order valence-electron chi connectivity index (χ0n) is 11.6. The van der Waals surface area contributed by atoms with Crippen LogP contribution in [0.15, 0.2) is 35.6 Å². The maximum absolute atomic E-state index is 13.1. The lowest BCUT2D eigenvalue weighted by atomic mass is 9.82. The first-order valence-corrected chi connectivity index (χ1v) is 6.64. The Morgan fingerprint density at radius 3 is 2.76 bits per heavy atom. The van der Waals surface area contributed by atoms with E-state index in [2.05, 4.69) is 15.1 Å². The van der Waals surface area contributed by atoms with Crippen LogP contribution in [0.5, 0.6) is 0 Å². The molecule has 2 N–H and O–H groups in total. The minimum absolute atomic E-state index is 0.168. The second-order valence-corrected chi connectivity index (χ2v) is 4.97. The van der Waals surface area contributed by atoms with Gasteiger partial charge in [0, 0.05) is 18.2 Å². The lowest BCUT2D eigenvalue weighted by molar-refractivity contribution is 0.212. The Labute approximate surface area is 121 Å². The van der Waals surface area contributed by atoms with Gasteiger partial charge in [0.25, 0.3) is 0 Å². The summed E-state index contributed by atoms with van der Waals surface area (Å²) < 4.78 is 13.1. The number of rotatable bonds is 2. The van der Waals surface area contributed by atoms with Crippen molar-refractivity contribution in [1.82, 2.24) is 9.97 Å². The standard InChI is InChI=1S/C15H15FN4O/c1-21-20-14-7-10(9-2-4-11(16)5-3-9)6-13-12(14)8-18-15(17)19-13/h2-5,8,10H,6-7H2,1H3,(H2,17,18,19)/b20-14+. The summed E-state index contributed by atoms with van der Waals surface area (Å²) in [7, 11) is 1.51. The van der Waals surface area contributed by atoms with Gasteiger partial charge in [0.2, 0.25) is 5.95 Å². The Balaban J connectivity index is 2.00. The van der Waals surface area contributed by atoms with Crippen molar-refractivity contribution in [2.75, 3.05) is 12.8 Å². The molecule has 1 aliphatic rings. The number of hydrogen-bond donors (Lipinski definition) is 1. The second-order valence-electron chi connectivity index (χ2n) is 4.97. The van der Waals surface area contributed by atoms with Crippen molar-refractivity contribution in [1.29, 1.82) is 0 Å². The molecule has 1 aromatic heterocycles. The summed E-state index contributed by atoms with van der Waals surface area (Å²) in [4.78, 5) is 13.2. The number of aromatic nitrogens is 2. The number of halogens is 1. The van der Waals surface area contributed by atoms with Gasteiger partial charge >= 0.3 is 0 Å². The Hall–Kier alpha value is -2.50. The van der Waals surface area contributed by atoms with Crippen molar-refractivity contribution in [2.45, 2.75) is 18.8 Å². The summed E-state index contributed by atoms with van der Waals surface area (Å²) in [6, 6.07) is 6.51. The van der Waals surface area contributed by atoms with Crippen molar-refractivity contribution in [3.63, 3.8) is 0 Å². The van der Waals surface area contributed by atoms with Gasteiger partial charge in [0.05, 0.1) is 11.4 Å². The highest BCUT2D eigenvalue weighted by atomic mass is 19.1. The van der Waals surface area contributed by atoms with Gasteiger partial charge < -0.3 is 10.6 Å². The second kappa shape index (κ2) is 5.47. The molecular weight excluding hydrogens is 271 g/mol. The molecule has 0 bridgehead atoms. The first-order chi connectivity index (χ1) is 10.2. The maximum atomic E-state index is 13.1. The number of nitrogen functional groups attached to an aromatic ring is 1. The summed E-state index contributed by atoms with van der Waals surface area (Å²) >= 11 is 0. The molecule has 0 amide bonds. The number of nitrogens with zero attached hydrogens (tertiary/aromatic N) is 3. The highest BCUT2D eigenvalue weighted by molar-refractivity contribution is 6.02. The van der Waals surface area contributed by atoms with Crippen LogP contribution in [-0.4, -0.2) is 22.8 Å². The molecule has 1 unspecified atom stereocenters. The number of hydrogen-bond acceptors (Lipinski definition) is 5. The SMILES string of the molecule is CO/N=C1\CC(c2ccc(F)cc2)Cc2nc(N)ncc21. The van der Waals surface area contributed by atoms with E-state index in [1.165, 1.54) is 19.2 Å². The van der Waals surface area contributed by atoms with E-state index in [1.54, 1.807) is 18.3 Å². The van der Waals surface area contributed by atoms with E-state index in [0.29, 0.717) is 6.42 Å². The van der Waals surface area contributed by atoms with Crippen LogP contribution >= 0.6 is 0 Å². The van der Waals surface area contributed by atoms with Gasteiger partial charge in [-0.25, -0.2) is 14.4 Å². The van der Waals surface area contributed by atoms with E-state index in [9.17, 15) is 4.39 Å². The van der Waals surface area contributed by atoms with Crippen LogP contribution in [0.3, 0.4) is 0 Å². The van der Waals surface area contributed by atoms with Gasteiger partial charge in [-0.1, -0.05) is 17.3 Å². The number of benzene rings is 1. The molecule has 6 heteroatoms. The average molecular weight is 286 g/mol. The van der Waals surface area contributed by atoms with Crippen molar-refractivity contribution in [2.24, 2.45) is 5.16 Å². The van der Waals surface area contributed by atoms with Crippen LogP contribution < -0.4 is 5.73 Å². The molecule has 1 heterocycles. The van der Waals surface area contributed by atoms with E-state index in [1.807, 2.05) is 0 Å². The number of fused-ring (bicyclic) bond motifs is 1. The summed E-state index contributed by atoms with van der Waals surface area (Å²) in [6.45, 7) is 0. The molecule has 3 rings (SSSR count). The average Bonchev–Trinajstić information content (AvgIpc) is 2.47. The fourth-order valence-electron chi connectivity index (χ4n) is 2.65. The first kappa shape index (κ1) is 13.5. The molecule has 1 aromatic carbocycles. The van der Waals surface area contributed by atoms with Crippen LogP contribution in [-0.2, 0) is 11.3 Å². The van der Waals surface area contributed by atoms with Gasteiger partial charge in [-0.15, -0.1) is 0 Å². The highest BCUT2D eigenvalue weighted by Crippen LogP contribution is 2.32. The first-order valence-electron chi connectivity index (χ1n) is 6.64. The van der Waals surface area contributed by atoms with Crippen LogP contribution in [0.1, 0.15) is 29.2 Å². The van der Waals surface area contributed by atoms with Crippen LogP contribution in [0.4, 0.5) is 10.3 Å². The Morgan fingerprint density at radius 2 is 2.05 bits per heavy atom.